The van der Waals surface area contributed by atoms with Gasteiger partial charge in [0.1, 0.15) is 0 Å². The summed E-state index contributed by atoms with van der Waals surface area (Å²) in [6.07, 6.45) is 0. The van der Waals surface area contributed by atoms with Gasteiger partial charge >= 0.3 is 0 Å². The number of hydrogen-bond acceptors (Lipinski definition) is 2. The monoisotopic (exact) mass is 263 g/mol. The highest BCUT2D eigenvalue weighted by Gasteiger charge is 2.11. The minimum absolute atomic E-state index is 0.522. The Kier molecular flexibility index (Phi) is 2.98. The molecule has 1 heterocycles. The van der Waals surface area contributed by atoms with Crippen molar-refractivity contribution in [2.24, 2.45) is 0 Å². The molecule has 0 saturated carbocycles. The molecule has 0 fully saturated rings. The average molecular weight is 265 g/mol. The van der Waals surface area contributed by atoms with Gasteiger partial charge < -0.3 is 0 Å². The van der Waals surface area contributed by atoms with Gasteiger partial charge in [-0.3, -0.25) is 0 Å². The molecule has 0 saturated heterocycles. The van der Waals surface area contributed by atoms with Gasteiger partial charge in [-0.15, -0.1) is 11.3 Å². The Morgan fingerprint density at radius 2 is 1.71 bits per heavy atom. The molecule has 0 aliphatic carbocycles. The quantitative estimate of drug-likeness (QED) is 0.723. The van der Waals surface area contributed by atoms with Crippen LogP contribution < -0.4 is 0 Å². The second-order valence-corrected chi connectivity index (χ2v) is 4.59. The smallest absolute Gasteiger partial charge is 0.0841 e. The number of aromatic nitrogens is 1. The fourth-order valence-electron chi connectivity index (χ4n) is 1.12. The Morgan fingerprint density at radius 3 is 2.21 bits per heavy atom. The van der Waals surface area contributed by atoms with Crippen LogP contribution in [0.4, 0.5) is 0 Å². The first-order chi connectivity index (χ1) is 6.68. The highest BCUT2D eigenvalue weighted by Crippen LogP contribution is 2.36. The van der Waals surface area contributed by atoms with Crippen molar-refractivity contribution in [3.63, 3.8) is 0 Å². The van der Waals surface area contributed by atoms with E-state index in [0.29, 0.717) is 15.1 Å². The van der Waals surface area contributed by atoms with Gasteiger partial charge in [-0.25, -0.2) is 4.98 Å². The van der Waals surface area contributed by atoms with Crippen LogP contribution in [-0.4, -0.2) is 4.98 Å². The fourth-order valence-corrected chi connectivity index (χ4v) is 2.68. The largest absolute Gasteiger partial charge is 0.245 e. The zero-order valence-electron chi connectivity index (χ0n) is 6.80. The summed E-state index contributed by atoms with van der Waals surface area (Å²) < 4.78 is 0. The Balaban J connectivity index is 2.64. The van der Waals surface area contributed by atoms with E-state index >= 15 is 0 Å². The standard InChI is InChI=1S/C9H4Cl3NS/c10-5-1-6(11)9(7(12)2-5)8-3-14-4-13-8/h1-4H. The minimum Gasteiger partial charge on any atom is -0.245 e. The lowest BCUT2D eigenvalue weighted by molar-refractivity contribution is 1.41. The highest BCUT2D eigenvalue weighted by atomic mass is 35.5. The van der Waals surface area contributed by atoms with Crippen molar-refractivity contribution < 1.29 is 0 Å². The zero-order valence-corrected chi connectivity index (χ0v) is 9.88. The fraction of sp³-hybridized carbons (Fsp3) is 0. The molecule has 0 atom stereocenters. The predicted molar refractivity (Wildman–Crippen MR) is 62.6 cm³/mol. The van der Waals surface area contributed by atoms with Crippen LogP contribution in [0, 0.1) is 0 Å². The predicted octanol–water partition coefficient (Wildman–Crippen LogP) is 4.77. The molecule has 0 radical (unpaired) electrons. The van der Waals surface area contributed by atoms with Crippen LogP contribution in [0.25, 0.3) is 11.3 Å². The molecular formula is C9H4Cl3NS. The Hall–Kier alpha value is -0.280. The molecule has 0 unspecified atom stereocenters. The molecule has 0 N–H and O–H groups in total. The molecule has 0 aliphatic rings. The molecule has 5 heteroatoms. The molecule has 2 rings (SSSR count). The third-order valence-corrected chi connectivity index (χ3v) is 3.10. The van der Waals surface area contributed by atoms with Gasteiger partial charge in [-0.05, 0) is 12.1 Å². The van der Waals surface area contributed by atoms with Crippen molar-refractivity contribution in [3.8, 4) is 11.3 Å². The normalized spacial score (nSPS) is 10.5. The summed E-state index contributed by atoms with van der Waals surface area (Å²) in [5, 5.41) is 3.46. The van der Waals surface area contributed by atoms with E-state index in [4.69, 9.17) is 34.8 Å². The van der Waals surface area contributed by atoms with E-state index in [0.717, 1.165) is 11.3 Å². The lowest BCUT2D eigenvalue weighted by atomic mass is 10.2. The number of benzene rings is 1. The minimum atomic E-state index is 0.522. The van der Waals surface area contributed by atoms with E-state index in [1.807, 2.05) is 5.38 Å². The van der Waals surface area contributed by atoms with E-state index < -0.39 is 0 Å². The zero-order chi connectivity index (χ0) is 10.1. The maximum Gasteiger partial charge on any atom is 0.0841 e. The second kappa shape index (κ2) is 4.07. The molecule has 14 heavy (non-hydrogen) atoms. The summed E-state index contributed by atoms with van der Waals surface area (Å²) in [4.78, 5) is 4.14. The molecule has 1 aromatic heterocycles. The maximum atomic E-state index is 6.02. The number of hydrogen-bond donors (Lipinski definition) is 0. The van der Waals surface area contributed by atoms with Gasteiger partial charge in [0.25, 0.3) is 0 Å². The highest BCUT2D eigenvalue weighted by molar-refractivity contribution is 7.07. The van der Waals surface area contributed by atoms with Gasteiger partial charge in [0.15, 0.2) is 0 Å². The lowest BCUT2D eigenvalue weighted by Crippen LogP contribution is -1.81. The first-order valence-electron chi connectivity index (χ1n) is 3.71. The second-order valence-electron chi connectivity index (χ2n) is 2.62. The van der Waals surface area contributed by atoms with Gasteiger partial charge in [-0.1, -0.05) is 34.8 Å². The molecule has 0 spiro atoms. The molecular weight excluding hydrogens is 261 g/mol. The van der Waals surface area contributed by atoms with Crippen LogP contribution in [0.2, 0.25) is 15.1 Å². The lowest BCUT2D eigenvalue weighted by Gasteiger charge is -2.04. The van der Waals surface area contributed by atoms with Crippen molar-refractivity contribution in [3.05, 3.63) is 38.1 Å². The Labute approximate surface area is 100 Å². The van der Waals surface area contributed by atoms with Crippen molar-refractivity contribution in [2.45, 2.75) is 0 Å². The number of rotatable bonds is 1. The number of nitrogens with zero attached hydrogens (tertiary/aromatic N) is 1. The van der Waals surface area contributed by atoms with Crippen molar-refractivity contribution in [2.75, 3.05) is 0 Å². The van der Waals surface area contributed by atoms with Gasteiger partial charge in [0.05, 0.1) is 21.2 Å². The first-order valence-corrected chi connectivity index (χ1v) is 5.79. The van der Waals surface area contributed by atoms with Gasteiger partial charge in [0.2, 0.25) is 0 Å². The summed E-state index contributed by atoms with van der Waals surface area (Å²) in [6, 6.07) is 3.31. The first kappa shape index (κ1) is 10.2. The molecule has 1 nitrogen and oxygen atoms in total. The summed E-state index contributed by atoms with van der Waals surface area (Å²) in [7, 11) is 0. The van der Waals surface area contributed by atoms with Gasteiger partial charge in [-0.2, -0.15) is 0 Å². The van der Waals surface area contributed by atoms with Crippen molar-refractivity contribution in [1.82, 2.24) is 4.98 Å². The number of halogens is 3. The van der Waals surface area contributed by atoms with Crippen molar-refractivity contribution >= 4 is 46.1 Å². The summed E-state index contributed by atoms with van der Waals surface area (Å²) >= 11 is 19.3. The average Bonchev–Trinajstić information content (AvgIpc) is 2.54. The van der Waals surface area contributed by atoms with Crippen LogP contribution in [0.3, 0.4) is 0 Å². The van der Waals surface area contributed by atoms with Crippen LogP contribution in [-0.2, 0) is 0 Å². The van der Waals surface area contributed by atoms with E-state index in [1.54, 1.807) is 17.6 Å². The number of thiazole rings is 1. The topological polar surface area (TPSA) is 12.9 Å². The molecule has 72 valence electrons. The van der Waals surface area contributed by atoms with E-state index in [1.165, 1.54) is 11.3 Å². The Morgan fingerprint density at radius 1 is 1.07 bits per heavy atom. The molecule has 0 bridgehead atoms. The maximum absolute atomic E-state index is 6.02. The van der Waals surface area contributed by atoms with Crippen LogP contribution >= 0.6 is 46.1 Å². The van der Waals surface area contributed by atoms with E-state index in [2.05, 4.69) is 4.98 Å². The SMILES string of the molecule is Clc1cc(Cl)c(-c2cscn2)c(Cl)c1. The van der Waals surface area contributed by atoms with E-state index in [-0.39, 0.29) is 0 Å². The molecule has 2 aromatic rings. The van der Waals surface area contributed by atoms with E-state index in [9.17, 15) is 0 Å². The summed E-state index contributed by atoms with van der Waals surface area (Å²) in [5.74, 6) is 0. The molecule has 0 amide bonds. The van der Waals surface area contributed by atoms with Crippen LogP contribution in [0.1, 0.15) is 0 Å². The third kappa shape index (κ3) is 1.89. The van der Waals surface area contributed by atoms with Gasteiger partial charge in [0, 0.05) is 16.0 Å². The van der Waals surface area contributed by atoms with Crippen LogP contribution in [0.15, 0.2) is 23.0 Å². The summed E-state index contributed by atoms with van der Waals surface area (Å²) in [6.45, 7) is 0. The third-order valence-electron chi connectivity index (χ3n) is 1.70. The Bertz CT molecular complexity index is 430. The van der Waals surface area contributed by atoms with Crippen molar-refractivity contribution in [1.29, 1.82) is 0 Å². The molecule has 1 aromatic carbocycles. The summed E-state index contributed by atoms with van der Waals surface area (Å²) in [5.41, 5.74) is 3.25. The molecule has 0 aliphatic heterocycles. The van der Waals surface area contributed by atoms with Crippen LogP contribution in [0.5, 0.6) is 0 Å².